The van der Waals surface area contributed by atoms with Crippen LogP contribution in [0.3, 0.4) is 0 Å². The molecule has 0 N–H and O–H groups in total. The van der Waals surface area contributed by atoms with Crippen molar-refractivity contribution in [2.75, 3.05) is 47.1 Å². The second kappa shape index (κ2) is 7.85. The lowest BCUT2D eigenvalue weighted by Gasteiger charge is -2.31. The van der Waals surface area contributed by atoms with Crippen molar-refractivity contribution in [2.45, 2.75) is 6.10 Å². The summed E-state index contributed by atoms with van der Waals surface area (Å²) in [5, 5.41) is 0. The van der Waals surface area contributed by atoms with Crippen LogP contribution in [0, 0.1) is 0 Å². The van der Waals surface area contributed by atoms with Gasteiger partial charge >= 0.3 is 5.97 Å². The molecule has 0 bridgehead atoms. The van der Waals surface area contributed by atoms with Crippen molar-refractivity contribution in [1.29, 1.82) is 0 Å². The van der Waals surface area contributed by atoms with Gasteiger partial charge in [-0.3, -0.25) is 4.90 Å². The standard InChI is InChI=1S/C15H21NO5/c1-18-12-5-3-4-6-13(12)20-9-7-16-8-10-21-14(11-16)15(17)19-2/h3-6,14H,7-11H2,1-2H3. The molecule has 1 aliphatic rings. The summed E-state index contributed by atoms with van der Waals surface area (Å²) < 4.78 is 21.0. The van der Waals surface area contributed by atoms with E-state index in [1.807, 2.05) is 24.3 Å². The van der Waals surface area contributed by atoms with E-state index in [4.69, 9.17) is 18.9 Å². The van der Waals surface area contributed by atoms with Crippen LogP contribution >= 0.6 is 0 Å². The van der Waals surface area contributed by atoms with Gasteiger partial charge in [-0.15, -0.1) is 0 Å². The van der Waals surface area contributed by atoms with Gasteiger partial charge in [0, 0.05) is 19.6 Å². The molecule has 116 valence electrons. The monoisotopic (exact) mass is 295 g/mol. The Labute approximate surface area is 124 Å². The number of para-hydroxylation sites is 2. The summed E-state index contributed by atoms with van der Waals surface area (Å²) in [6.45, 7) is 3.07. The van der Waals surface area contributed by atoms with Crippen LogP contribution in [-0.4, -0.2) is 64.0 Å². The predicted octanol–water partition coefficient (Wildman–Crippen LogP) is 0.948. The fourth-order valence-corrected chi connectivity index (χ4v) is 2.20. The molecule has 1 fully saturated rings. The first-order chi connectivity index (χ1) is 10.2. The number of benzene rings is 1. The van der Waals surface area contributed by atoms with Gasteiger partial charge in [0.2, 0.25) is 0 Å². The second-order valence-corrected chi connectivity index (χ2v) is 4.68. The van der Waals surface area contributed by atoms with E-state index in [9.17, 15) is 4.79 Å². The van der Waals surface area contributed by atoms with Gasteiger partial charge in [0.05, 0.1) is 20.8 Å². The molecule has 6 heteroatoms. The van der Waals surface area contributed by atoms with E-state index in [1.54, 1.807) is 7.11 Å². The molecule has 2 rings (SSSR count). The third-order valence-corrected chi connectivity index (χ3v) is 3.35. The number of ether oxygens (including phenoxy) is 4. The second-order valence-electron chi connectivity index (χ2n) is 4.68. The highest BCUT2D eigenvalue weighted by Gasteiger charge is 2.27. The molecule has 6 nitrogen and oxygen atoms in total. The molecule has 0 radical (unpaired) electrons. The molecule has 0 amide bonds. The van der Waals surface area contributed by atoms with Crippen molar-refractivity contribution in [3.8, 4) is 11.5 Å². The molecular formula is C15H21NO5. The Morgan fingerprint density at radius 2 is 2.10 bits per heavy atom. The van der Waals surface area contributed by atoms with Crippen LogP contribution in [0.4, 0.5) is 0 Å². The number of rotatable bonds is 6. The molecule has 1 aromatic rings. The molecule has 1 heterocycles. The molecule has 21 heavy (non-hydrogen) atoms. The van der Waals surface area contributed by atoms with Crippen molar-refractivity contribution in [2.24, 2.45) is 0 Å². The molecule has 0 spiro atoms. The molecule has 0 saturated carbocycles. The number of methoxy groups -OCH3 is 2. The smallest absolute Gasteiger partial charge is 0.336 e. The summed E-state index contributed by atoms with van der Waals surface area (Å²) in [6.07, 6.45) is -0.505. The summed E-state index contributed by atoms with van der Waals surface area (Å²) in [5.41, 5.74) is 0. The molecule has 0 aliphatic carbocycles. The van der Waals surface area contributed by atoms with Crippen LogP contribution in [0.15, 0.2) is 24.3 Å². The summed E-state index contributed by atoms with van der Waals surface area (Å²) in [5.74, 6) is 1.11. The molecule has 1 saturated heterocycles. The number of hydrogen-bond acceptors (Lipinski definition) is 6. The number of hydrogen-bond donors (Lipinski definition) is 0. The van der Waals surface area contributed by atoms with Gasteiger partial charge in [-0.25, -0.2) is 4.79 Å². The molecular weight excluding hydrogens is 274 g/mol. The van der Waals surface area contributed by atoms with Gasteiger partial charge in [0.15, 0.2) is 17.6 Å². The third kappa shape index (κ3) is 4.34. The quantitative estimate of drug-likeness (QED) is 0.728. The van der Waals surface area contributed by atoms with Gasteiger partial charge in [-0.1, -0.05) is 12.1 Å². The number of carbonyl (C=O) groups is 1. The summed E-state index contributed by atoms with van der Waals surface area (Å²) >= 11 is 0. The molecule has 1 aromatic carbocycles. The highest BCUT2D eigenvalue weighted by Crippen LogP contribution is 2.25. The maximum Gasteiger partial charge on any atom is 0.336 e. The van der Waals surface area contributed by atoms with Gasteiger partial charge in [0.1, 0.15) is 6.61 Å². The number of carbonyl (C=O) groups excluding carboxylic acids is 1. The van der Waals surface area contributed by atoms with E-state index in [1.165, 1.54) is 7.11 Å². The summed E-state index contributed by atoms with van der Waals surface area (Å²) in [4.78, 5) is 13.6. The zero-order chi connectivity index (χ0) is 15.1. The van der Waals surface area contributed by atoms with Gasteiger partial charge in [-0.2, -0.15) is 0 Å². The first-order valence-corrected chi connectivity index (χ1v) is 6.92. The van der Waals surface area contributed by atoms with Gasteiger partial charge in [0.25, 0.3) is 0 Å². The third-order valence-electron chi connectivity index (χ3n) is 3.35. The maximum atomic E-state index is 11.5. The summed E-state index contributed by atoms with van der Waals surface area (Å²) in [7, 11) is 2.99. The minimum Gasteiger partial charge on any atom is -0.493 e. The highest BCUT2D eigenvalue weighted by molar-refractivity contribution is 5.74. The lowest BCUT2D eigenvalue weighted by molar-refractivity contribution is -0.159. The average Bonchev–Trinajstić information content (AvgIpc) is 2.55. The number of morpholine rings is 1. The van der Waals surface area contributed by atoms with E-state index in [0.29, 0.717) is 25.5 Å². The first-order valence-electron chi connectivity index (χ1n) is 6.92. The largest absolute Gasteiger partial charge is 0.493 e. The SMILES string of the molecule is COC(=O)C1CN(CCOc2ccccc2OC)CCO1. The van der Waals surface area contributed by atoms with Gasteiger partial charge < -0.3 is 18.9 Å². The maximum absolute atomic E-state index is 11.5. The van der Waals surface area contributed by atoms with E-state index >= 15 is 0 Å². The Kier molecular flexibility index (Phi) is 5.83. The lowest BCUT2D eigenvalue weighted by Crippen LogP contribution is -2.47. The van der Waals surface area contributed by atoms with E-state index in [0.717, 1.165) is 18.8 Å². The zero-order valence-electron chi connectivity index (χ0n) is 12.4. The Morgan fingerprint density at radius 1 is 1.33 bits per heavy atom. The molecule has 1 unspecified atom stereocenters. The van der Waals surface area contributed by atoms with Crippen LogP contribution in [0.5, 0.6) is 11.5 Å². The molecule has 1 aliphatic heterocycles. The Morgan fingerprint density at radius 3 is 2.81 bits per heavy atom. The number of esters is 1. The zero-order valence-corrected chi connectivity index (χ0v) is 12.4. The van der Waals surface area contributed by atoms with Crippen molar-refractivity contribution >= 4 is 5.97 Å². The minimum atomic E-state index is -0.505. The van der Waals surface area contributed by atoms with Crippen LogP contribution in [0.1, 0.15) is 0 Å². The fourth-order valence-electron chi connectivity index (χ4n) is 2.20. The summed E-state index contributed by atoms with van der Waals surface area (Å²) in [6, 6.07) is 7.53. The molecule has 1 atom stereocenters. The Balaban J connectivity index is 1.79. The van der Waals surface area contributed by atoms with E-state index < -0.39 is 6.10 Å². The van der Waals surface area contributed by atoms with Crippen molar-refractivity contribution in [3.63, 3.8) is 0 Å². The average molecular weight is 295 g/mol. The van der Waals surface area contributed by atoms with Crippen molar-refractivity contribution < 1.29 is 23.7 Å². The van der Waals surface area contributed by atoms with E-state index in [2.05, 4.69) is 4.90 Å². The molecule has 0 aromatic heterocycles. The fraction of sp³-hybridized carbons (Fsp3) is 0.533. The van der Waals surface area contributed by atoms with Crippen molar-refractivity contribution in [3.05, 3.63) is 24.3 Å². The van der Waals surface area contributed by atoms with E-state index in [-0.39, 0.29) is 5.97 Å². The highest BCUT2D eigenvalue weighted by atomic mass is 16.6. The van der Waals surface area contributed by atoms with Crippen molar-refractivity contribution in [1.82, 2.24) is 4.90 Å². The van der Waals surface area contributed by atoms with Crippen LogP contribution < -0.4 is 9.47 Å². The predicted molar refractivity (Wildman–Crippen MR) is 76.7 cm³/mol. The topological polar surface area (TPSA) is 57.2 Å². The van der Waals surface area contributed by atoms with Crippen LogP contribution in [-0.2, 0) is 14.3 Å². The van der Waals surface area contributed by atoms with Gasteiger partial charge in [-0.05, 0) is 12.1 Å². The minimum absolute atomic E-state index is 0.328. The number of nitrogens with zero attached hydrogens (tertiary/aromatic N) is 1. The van der Waals surface area contributed by atoms with Crippen LogP contribution in [0.2, 0.25) is 0 Å². The van der Waals surface area contributed by atoms with Crippen LogP contribution in [0.25, 0.3) is 0 Å². The Hall–Kier alpha value is -1.79. The Bertz CT molecular complexity index is 465. The first kappa shape index (κ1) is 15.6. The lowest BCUT2D eigenvalue weighted by atomic mass is 10.2. The normalized spacial score (nSPS) is 19.0.